The van der Waals surface area contributed by atoms with Crippen molar-refractivity contribution < 1.29 is 0 Å². The normalized spacial score (nSPS) is 27.3. The number of nitrogens with one attached hydrogen (secondary N) is 1. The number of H-pyrrole nitrogens is 1. The summed E-state index contributed by atoms with van der Waals surface area (Å²) in [5.41, 5.74) is 3.62. The van der Waals surface area contributed by atoms with Gasteiger partial charge in [0.05, 0.1) is 0 Å². The van der Waals surface area contributed by atoms with Crippen molar-refractivity contribution in [1.82, 2.24) is 29.5 Å². The van der Waals surface area contributed by atoms with Gasteiger partial charge in [-0.3, -0.25) is 19.7 Å². The predicted molar refractivity (Wildman–Crippen MR) is 122 cm³/mol. The summed E-state index contributed by atoms with van der Waals surface area (Å²) in [4.78, 5) is 20.8. The fourth-order valence-corrected chi connectivity index (χ4v) is 5.96. The van der Waals surface area contributed by atoms with Crippen LogP contribution in [0.15, 0.2) is 29.2 Å². The smallest absolute Gasteiger partial charge is 0.255 e. The Morgan fingerprint density at radius 2 is 1.97 bits per heavy atom. The number of hydrogen-bond acceptors (Lipinski definition) is 5. The molecule has 0 aromatic carbocycles. The second-order valence-corrected chi connectivity index (χ2v) is 10.1. The van der Waals surface area contributed by atoms with E-state index in [2.05, 4.69) is 61.8 Å². The van der Waals surface area contributed by atoms with Crippen LogP contribution in [0.4, 0.5) is 0 Å². The second kappa shape index (κ2) is 8.88. The molecule has 3 atom stereocenters. The zero-order valence-electron chi connectivity index (χ0n) is 19.0. The Morgan fingerprint density at radius 1 is 1.06 bits per heavy atom. The number of likely N-dealkylation sites (tertiary alicyclic amines) is 2. The molecule has 0 radical (unpaired) electrons. The molecule has 0 amide bonds. The molecule has 3 aliphatic rings. The number of pyridine rings is 1. The lowest BCUT2D eigenvalue weighted by Crippen LogP contribution is -2.47. The summed E-state index contributed by atoms with van der Waals surface area (Å²) >= 11 is 0. The molecule has 2 aromatic rings. The Morgan fingerprint density at radius 3 is 2.77 bits per heavy atom. The fourth-order valence-electron chi connectivity index (χ4n) is 5.96. The van der Waals surface area contributed by atoms with Gasteiger partial charge in [-0.1, -0.05) is 12.5 Å². The summed E-state index contributed by atoms with van der Waals surface area (Å²) in [6.07, 6.45) is 6.79. The molecule has 168 valence electrons. The van der Waals surface area contributed by atoms with E-state index < -0.39 is 0 Å². The topological polar surface area (TPSA) is 60.4 Å². The van der Waals surface area contributed by atoms with Crippen molar-refractivity contribution in [3.05, 3.63) is 51.7 Å². The first-order chi connectivity index (χ1) is 15.1. The number of nitrogens with zero attached hydrogens (tertiary/aromatic N) is 5. The third-order valence-corrected chi connectivity index (χ3v) is 7.57. The predicted octanol–water partition coefficient (Wildman–Crippen LogP) is 2.11. The molecule has 2 bridgehead atoms. The number of rotatable bonds is 5. The first-order valence-corrected chi connectivity index (χ1v) is 11.9. The maximum absolute atomic E-state index is 13.5. The molecule has 3 aliphatic heterocycles. The molecule has 2 aromatic heterocycles. The van der Waals surface area contributed by atoms with E-state index in [4.69, 9.17) is 0 Å². The van der Waals surface area contributed by atoms with Crippen LogP contribution in [0.2, 0.25) is 0 Å². The highest BCUT2D eigenvalue weighted by Crippen LogP contribution is 2.35. The van der Waals surface area contributed by atoms with Crippen molar-refractivity contribution in [2.45, 2.75) is 57.3 Å². The van der Waals surface area contributed by atoms with Crippen LogP contribution in [-0.2, 0) is 19.6 Å². The van der Waals surface area contributed by atoms with Gasteiger partial charge in [-0.15, -0.1) is 0 Å². The monoisotopic (exact) mass is 424 g/mol. The molecular formula is C24H36N6O. The van der Waals surface area contributed by atoms with Crippen LogP contribution in [-0.4, -0.2) is 75.8 Å². The van der Waals surface area contributed by atoms with Crippen molar-refractivity contribution >= 4 is 0 Å². The lowest BCUT2D eigenvalue weighted by molar-refractivity contribution is 0.113. The number of aromatic nitrogens is 3. The molecule has 5 rings (SSSR count). The van der Waals surface area contributed by atoms with Crippen LogP contribution in [0.3, 0.4) is 0 Å². The average Bonchev–Trinajstić information content (AvgIpc) is 3.13. The number of fused-ring (bicyclic) bond motifs is 4. The van der Waals surface area contributed by atoms with Crippen LogP contribution < -0.4 is 5.56 Å². The summed E-state index contributed by atoms with van der Waals surface area (Å²) in [7, 11) is 4.35. The number of likely N-dealkylation sites (N-methyl/N-ethyl adjacent to an activating group) is 1. The first-order valence-electron chi connectivity index (χ1n) is 11.9. The van der Waals surface area contributed by atoms with Gasteiger partial charge in [0.25, 0.3) is 5.56 Å². The van der Waals surface area contributed by atoms with Crippen molar-refractivity contribution in [2.24, 2.45) is 5.92 Å². The Kier molecular flexibility index (Phi) is 5.99. The second-order valence-electron chi connectivity index (χ2n) is 10.1. The van der Waals surface area contributed by atoms with Gasteiger partial charge in [-0.25, -0.2) is 0 Å². The van der Waals surface area contributed by atoms with Crippen LogP contribution in [0, 0.1) is 5.92 Å². The third-order valence-electron chi connectivity index (χ3n) is 7.57. The summed E-state index contributed by atoms with van der Waals surface area (Å²) in [6, 6.07) is 7.01. The molecule has 31 heavy (non-hydrogen) atoms. The fraction of sp³-hybridized carbons (Fsp3) is 0.667. The quantitative estimate of drug-likeness (QED) is 0.797. The molecule has 0 saturated carbocycles. The molecule has 2 saturated heterocycles. The first kappa shape index (κ1) is 20.9. The highest BCUT2D eigenvalue weighted by Gasteiger charge is 2.35. The minimum atomic E-state index is 0.250. The van der Waals surface area contributed by atoms with E-state index in [-0.39, 0.29) is 5.56 Å². The van der Waals surface area contributed by atoms with Gasteiger partial charge < -0.3 is 9.47 Å². The van der Waals surface area contributed by atoms with E-state index in [1.54, 1.807) is 0 Å². The standard InChI is InChI=1S/C24H36N6O/c1-27(2)22-5-3-4-10-28(17-22)14-19-6-7-23-20-11-18(13-30(23)24(19)31)12-29(15-20)16-21-8-9-25-26-21/h6-9,18,20,22H,3-5,10-17H2,1-2H3,(H,25,26)/t18-,20+,22-/m0/s1. The maximum Gasteiger partial charge on any atom is 0.255 e. The van der Waals surface area contributed by atoms with Gasteiger partial charge in [0.15, 0.2) is 0 Å². The molecule has 7 heteroatoms. The van der Waals surface area contributed by atoms with Crippen molar-refractivity contribution in [3.8, 4) is 0 Å². The largest absolute Gasteiger partial charge is 0.312 e. The third kappa shape index (κ3) is 4.49. The highest BCUT2D eigenvalue weighted by atomic mass is 16.1. The molecule has 1 N–H and O–H groups in total. The van der Waals surface area contributed by atoms with Crippen molar-refractivity contribution in [3.63, 3.8) is 0 Å². The van der Waals surface area contributed by atoms with E-state index >= 15 is 0 Å². The van der Waals surface area contributed by atoms with Gasteiger partial charge >= 0.3 is 0 Å². The zero-order valence-corrected chi connectivity index (χ0v) is 19.0. The lowest BCUT2D eigenvalue weighted by atomic mass is 9.83. The minimum Gasteiger partial charge on any atom is -0.312 e. The Balaban J connectivity index is 1.32. The zero-order chi connectivity index (χ0) is 21.4. The van der Waals surface area contributed by atoms with Crippen LogP contribution in [0.5, 0.6) is 0 Å². The Labute approximate surface area is 185 Å². The van der Waals surface area contributed by atoms with E-state index in [1.165, 1.54) is 37.1 Å². The van der Waals surface area contributed by atoms with Crippen LogP contribution >= 0.6 is 0 Å². The van der Waals surface area contributed by atoms with Gasteiger partial charge in [0, 0.05) is 74.4 Å². The van der Waals surface area contributed by atoms with E-state index in [1.807, 2.05) is 6.20 Å². The summed E-state index contributed by atoms with van der Waals surface area (Å²) < 4.78 is 2.11. The van der Waals surface area contributed by atoms with Gasteiger partial charge in [-0.05, 0) is 58.0 Å². The molecule has 0 spiro atoms. The van der Waals surface area contributed by atoms with E-state index in [0.29, 0.717) is 17.9 Å². The lowest BCUT2D eigenvalue weighted by Gasteiger charge is -2.42. The maximum atomic E-state index is 13.5. The molecule has 7 nitrogen and oxygen atoms in total. The molecule has 0 unspecified atom stereocenters. The summed E-state index contributed by atoms with van der Waals surface area (Å²) in [5.74, 6) is 1.01. The minimum absolute atomic E-state index is 0.250. The molecule has 5 heterocycles. The van der Waals surface area contributed by atoms with Gasteiger partial charge in [0.2, 0.25) is 0 Å². The number of piperidine rings is 1. The van der Waals surface area contributed by atoms with Gasteiger partial charge in [-0.2, -0.15) is 5.10 Å². The van der Waals surface area contributed by atoms with Gasteiger partial charge in [0.1, 0.15) is 0 Å². The SMILES string of the molecule is CN(C)[C@H]1CCCCN(Cc2ccc3n(c2=O)C[C@H]2C[C@@H]3CN(Cc3ccn[nH]3)C2)C1. The Bertz CT molecular complexity index is 936. The number of hydrogen-bond donors (Lipinski definition) is 1. The summed E-state index contributed by atoms with van der Waals surface area (Å²) in [5, 5.41) is 7.17. The molecule has 0 aliphatic carbocycles. The van der Waals surface area contributed by atoms with Crippen LogP contribution in [0.1, 0.15) is 48.6 Å². The highest BCUT2D eigenvalue weighted by molar-refractivity contribution is 5.22. The van der Waals surface area contributed by atoms with Crippen molar-refractivity contribution in [1.29, 1.82) is 0 Å². The summed E-state index contributed by atoms with van der Waals surface area (Å²) in [6.45, 7) is 6.79. The Hall–Kier alpha value is -1.96. The van der Waals surface area contributed by atoms with Crippen molar-refractivity contribution in [2.75, 3.05) is 40.3 Å². The van der Waals surface area contributed by atoms with Crippen LogP contribution in [0.25, 0.3) is 0 Å². The van der Waals surface area contributed by atoms with E-state index in [9.17, 15) is 4.79 Å². The average molecular weight is 425 g/mol. The van der Waals surface area contributed by atoms with E-state index in [0.717, 1.165) is 51.4 Å². The molecule has 2 fully saturated rings. The molecular weight excluding hydrogens is 388 g/mol. The number of aromatic amines is 1.